The fraction of sp³-hybridized carbons (Fsp3) is 0.350. The van der Waals surface area contributed by atoms with Crippen LogP contribution in [-0.2, 0) is 4.79 Å². The smallest absolute Gasteiger partial charge is 0.155 e. The van der Waals surface area contributed by atoms with E-state index in [1.54, 1.807) is 6.08 Å². The van der Waals surface area contributed by atoms with E-state index in [-0.39, 0.29) is 5.78 Å². The van der Waals surface area contributed by atoms with Crippen LogP contribution in [0.2, 0.25) is 0 Å². The number of hydrogen-bond donors (Lipinski definition) is 0. The molecule has 108 valence electrons. The number of carbonyl (C=O) groups excluding carboxylic acids is 1. The van der Waals surface area contributed by atoms with E-state index >= 15 is 0 Å². The molecule has 0 aliphatic carbocycles. The largest absolute Gasteiger partial charge is 0.295 e. The van der Waals surface area contributed by atoms with Crippen molar-refractivity contribution in [1.29, 1.82) is 0 Å². The summed E-state index contributed by atoms with van der Waals surface area (Å²) in [7, 11) is 0. The molecule has 0 aromatic heterocycles. The molecule has 1 rings (SSSR count). The highest BCUT2D eigenvalue weighted by atomic mass is 16.1. The van der Waals surface area contributed by atoms with E-state index in [0.717, 1.165) is 44.1 Å². The molecule has 0 saturated carbocycles. The summed E-state index contributed by atoms with van der Waals surface area (Å²) in [5.74, 6) is 9.06. The monoisotopic (exact) mass is 278 g/mol. The number of unbranched alkanes of at least 4 members (excludes halogenated alkanes) is 4. The molecule has 21 heavy (non-hydrogen) atoms. The zero-order chi connectivity index (χ0) is 15.2. The van der Waals surface area contributed by atoms with Crippen LogP contribution in [-0.4, -0.2) is 5.78 Å². The molecule has 1 nitrogen and oxygen atoms in total. The van der Waals surface area contributed by atoms with Gasteiger partial charge in [0, 0.05) is 24.8 Å². The van der Waals surface area contributed by atoms with Crippen LogP contribution in [0.5, 0.6) is 0 Å². The van der Waals surface area contributed by atoms with E-state index in [1.807, 2.05) is 36.4 Å². The highest BCUT2D eigenvalue weighted by Gasteiger charge is 1.95. The zero-order valence-electron chi connectivity index (χ0n) is 12.5. The van der Waals surface area contributed by atoms with Crippen LogP contribution in [0.25, 0.3) is 0 Å². The van der Waals surface area contributed by atoms with Crippen LogP contribution < -0.4 is 0 Å². The van der Waals surface area contributed by atoms with Gasteiger partial charge >= 0.3 is 0 Å². The molecule has 0 amide bonds. The van der Waals surface area contributed by atoms with Crippen molar-refractivity contribution in [2.75, 3.05) is 0 Å². The van der Waals surface area contributed by atoms with Crippen molar-refractivity contribution in [1.82, 2.24) is 0 Å². The second-order valence-corrected chi connectivity index (χ2v) is 4.84. The van der Waals surface area contributed by atoms with Gasteiger partial charge in [-0.1, -0.05) is 36.1 Å². The second kappa shape index (κ2) is 11.6. The number of terminal acetylenes is 1. The summed E-state index contributed by atoms with van der Waals surface area (Å²) < 4.78 is 0. The van der Waals surface area contributed by atoms with E-state index in [2.05, 4.69) is 17.8 Å². The molecule has 1 aromatic rings. The first-order valence-electron chi connectivity index (χ1n) is 7.49. The highest BCUT2D eigenvalue weighted by Crippen LogP contribution is 2.02. The van der Waals surface area contributed by atoms with Gasteiger partial charge in [0.2, 0.25) is 0 Å². The standard InChI is InChI=1S/C20H22O/c1-2-3-4-12-17-20(21)18-13-7-5-6-9-14-19-15-10-8-11-16-19/h1,8,10-11,13,15-16,18H,3-7,12,17H2/b18-13+. The Kier molecular flexibility index (Phi) is 9.25. The fourth-order valence-electron chi connectivity index (χ4n) is 1.82. The zero-order valence-corrected chi connectivity index (χ0v) is 12.5. The number of hydrogen-bond acceptors (Lipinski definition) is 1. The Balaban J connectivity index is 2.08. The average molecular weight is 278 g/mol. The Labute approximate surface area is 128 Å². The molecule has 1 heteroatoms. The normalized spacial score (nSPS) is 9.86. The molecular formula is C20H22O. The van der Waals surface area contributed by atoms with E-state index in [0.29, 0.717) is 6.42 Å². The minimum Gasteiger partial charge on any atom is -0.295 e. The van der Waals surface area contributed by atoms with Gasteiger partial charge in [0.15, 0.2) is 5.78 Å². The Morgan fingerprint density at radius 2 is 1.90 bits per heavy atom. The Morgan fingerprint density at radius 3 is 2.67 bits per heavy atom. The Hall–Kier alpha value is -2.25. The topological polar surface area (TPSA) is 17.1 Å². The van der Waals surface area contributed by atoms with Crippen molar-refractivity contribution in [3.63, 3.8) is 0 Å². The lowest BCUT2D eigenvalue weighted by atomic mass is 10.1. The Bertz CT molecular complexity index is 535. The third-order valence-electron chi connectivity index (χ3n) is 2.98. The van der Waals surface area contributed by atoms with Crippen LogP contribution in [0, 0.1) is 24.2 Å². The number of carbonyl (C=O) groups is 1. The van der Waals surface area contributed by atoms with Crippen LogP contribution in [0.3, 0.4) is 0 Å². The maximum Gasteiger partial charge on any atom is 0.155 e. The molecule has 0 atom stereocenters. The van der Waals surface area contributed by atoms with Crippen LogP contribution in [0.15, 0.2) is 42.5 Å². The predicted octanol–water partition coefficient (Wildman–Crippen LogP) is 4.53. The van der Waals surface area contributed by atoms with Gasteiger partial charge in [0.25, 0.3) is 0 Å². The molecule has 0 heterocycles. The molecule has 0 radical (unpaired) electrons. The van der Waals surface area contributed by atoms with Crippen molar-refractivity contribution < 1.29 is 4.79 Å². The summed E-state index contributed by atoms with van der Waals surface area (Å²) in [6.07, 6.45) is 14.7. The van der Waals surface area contributed by atoms with E-state index in [9.17, 15) is 4.79 Å². The van der Waals surface area contributed by atoms with Gasteiger partial charge in [-0.05, 0) is 43.9 Å². The summed E-state index contributed by atoms with van der Waals surface area (Å²) in [5.41, 5.74) is 1.05. The predicted molar refractivity (Wildman–Crippen MR) is 88.6 cm³/mol. The van der Waals surface area contributed by atoms with Gasteiger partial charge in [-0.3, -0.25) is 4.79 Å². The minimum absolute atomic E-state index is 0.197. The van der Waals surface area contributed by atoms with Crippen LogP contribution in [0.1, 0.15) is 50.5 Å². The van der Waals surface area contributed by atoms with Gasteiger partial charge in [0.1, 0.15) is 0 Å². The van der Waals surface area contributed by atoms with Gasteiger partial charge in [-0.2, -0.15) is 0 Å². The second-order valence-electron chi connectivity index (χ2n) is 4.84. The van der Waals surface area contributed by atoms with Crippen molar-refractivity contribution in [3.8, 4) is 24.2 Å². The maximum atomic E-state index is 11.5. The van der Waals surface area contributed by atoms with Gasteiger partial charge in [0.05, 0.1) is 0 Å². The van der Waals surface area contributed by atoms with Crippen molar-refractivity contribution >= 4 is 5.78 Å². The van der Waals surface area contributed by atoms with Crippen LogP contribution in [0.4, 0.5) is 0 Å². The minimum atomic E-state index is 0.197. The molecular weight excluding hydrogens is 256 g/mol. The summed E-state index contributed by atoms with van der Waals surface area (Å²) in [6.45, 7) is 0. The third-order valence-corrected chi connectivity index (χ3v) is 2.98. The maximum absolute atomic E-state index is 11.5. The molecule has 0 bridgehead atoms. The summed E-state index contributed by atoms with van der Waals surface area (Å²) in [4.78, 5) is 11.5. The number of allylic oxidation sites excluding steroid dienone is 2. The molecule has 0 spiro atoms. The lowest BCUT2D eigenvalue weighted by Crippen LogP contribution is -1.91. The molecule has 0 N–H and O–H groups in total. The van der Waals surface area contributed by atoms with E-state index < -0.39 is 0 Å². The number of rotatable bonds is 8. The molecule has 0 aliphatic rings. The average Bonchev–Trinajstić information content (AvgIpc) is 2.51. The molecule has 0 unspecified atom stereocenters. The first-order valence-corrected chi connectivity index (χ1v) is 7.49. The number of benzene rings is 1. The highest BCUT2D eigenvalue weighted by molar-refractivity contribution is 5.89. The van der Waals surface area contributed by atoms with Crippen LogP contribution >= 0.6 is 0 Å². The lowest BCUT2D eigenvalue weighted by molar-refractivity contribution is -0.114. The number of ketones is 1. The Morgan fingerprint density at radius 1 is 1.10 bits per heavy atom. The quantitative estimate of drug-likeness (QED) is 0.388. The molecule has 1 aromatic carbocycles. The van der Waals surface area contributed by atoms with Crippen molar-refractivity contribution in [2.45, 2.75) is 44.9 Å². The lowest BCUT2D eigenvalue weighted by Gasteiger charge is -1.94. The van der Waals surface area contributed by atoms with Crippen molar-refractivity contribution in [3.05, 3.63) is 48.0 Å². The third kappa shape index (κ3) is 9.31. The first-order chi connectivity index (χ1) is 10.3. The summed E-state index contributed by atoms with van der Waals surface area (Å²) in [6, 6.07) is 9.97. The summed E-state index contributed by atoms with van der Waals surface area (Å²) >= 11 is 0. The summed E-state index contributed by atoms with van der Waals surface area (Å²) in [5, 5.41) is 0. The first kappa shape index (κ1) is 16.8. The van der Waals surface area contributed by atoms with Gasteiger partial charge < -0.3 is 0 Å². The fourth-order valence-corrected chi connectivity index (χ4v) is 1.82. The van der Waals surface area contributed by atoms with E-state index in [4.69, 9.17) is 6.42 Å². The van der Waals surface area contributed by atoms with E-state index in [1.165, 1.54) is 0 Å². The molecule has 0 saturated heterocycles. The van der Waals surface area contributed by atoms with Gasteiger partial charge in [-0.15, -0.1) is 12.3 Å². The molecule has 0 aliphatic heterocycles. The van der Waals surface area contributed by atoms with Crippen molar-refractivity contribution in [2.24, 2.45) is 0 Å². The SMILES string of the molecule is C#CCCCCC(=O)/C=C/CCCC#Cc1ccccc1. The van der Waals surface area contributed by atoms with Gasteiger partial charge in [-0.25, -0.2) is 0 Å². The molecule has 0 fully saturated rings.